The molecule has 1 atom stereocenters. The second-order valence-corrected chi connectivity index (χ2v) is 6.36. The van der Waals surface area contributed by atoms with E-state index in [9.17, 15) is 4.79 Å². The Morgan fingerprint density at radius 1 is 0.926 bits per heavy atom. The van der Waals surface area contributed by atoms with Gasteiger partial charge in [-0.05, 0) is 49.7 Å². The number of anilines is 3. The quantitative estimate of drug-likeness (QED) is 0.555. The molecule has 0 radical (unpaired) electrons. The van der Waals surface area contributed by atoms with Gasteiger partial charge in [0, 0.05) is 17.4 Å². The van der Waals surface area contributed by atoms with Crippen molar-refractivity contribution in [1.29, 1.82) is 0 Å². The van der Waals surface area contributed by atoms with E-state index in [2.05, 4.69) is 17.6 Å². The third-order valence-electron chi connectivity index (χ3n) is 4.23. The summed E-state index contributed by atoms with van der Waals surface area (Å²) in [5.41, 5.74) is 2.97. The number of carbonyl (C=O) groups excluding carboxylic acids is 1. The van der Waals surface area contributed by atoms with Crippen molar-refractivity contribution in [1.82, 2.24) is 0 Å². The molecule has 0 aliphatic rings. The Kier molecular flexibility index (Phi) is 6.10. The van der Waals surface area contributed by atoms with Crippen molar-refractivity contribution >= 4 is 23.0 Å². The molecule has 1 unspecified atom stereocenters. The van der Waals surface area contributed by atoms with Crippen LogP contribution in [0, 0.1) is 0 Å². The van der Waals surface area contributed by atoms with Gasteiger partial charge in [0.1, 0.15) is 5.75 Å². The molecule has 0 saturated heterocycles. The third-order valence-corrected chi connectivity index (χ3v) is 4.23. The normalized spacial score (nSPS) is 11.5. The van der Waals surface area contributed by atoms with Crippen LogP contribution in [0.5, 0.6) is 5.75 Å². The molecule has 0 bridgehead atoms. The van der Waals surface area contributed by atoms with Gasteiger partial charge in [-0.1, -0.05) is 43.3 Å². The predicted molar refractivity (Wildman–Crippen MR) is 111 cm³/mol. The first-order valence-corrected chi connectivity index (χ1v) is 9.15. The topological polar surface area (TPSA) is 50.4 Å². The van der Waals surface area contributed by atoms with Crippen molar-refractivity contribution < 1.29 is 9.53 Å². The van der Waals surface area contributed by atoms with Gasteiger partial charge in [-0.25, -0.2) is 0 Å². The Balaban J connectivity index is 1.76. The van der Waals surface area contributed by atoms with Crippen LogP contribution in [-0.4, -0.2) is 12.0 Å². The summed E-state index contributed by atoms with van der Waals surface area (Å²) in [6, 6.07) is 24.7. The number of hydrogen-bond donors (Lipinski definition) is 2. The van der Waals surface area contributed by atoms with Crippen LogP contribution in [0.4, 0.5) is 17.1 Å². The molecule has 3 rings (SSSR count). The van der Waals surface area contributed by atoms with Crippen LogP contribution < -0.4 is 15.4 Å². The fourth-order valence-electron chi connectivity index (χ4n) is 2.63. The van der Waals surface area contributed by atoms with Gasteiger partial charge in [0.25, 0.3) is 5.91 Å². The highest BCUT2D eigenvalue weighted by Gasteiger charge is 2.12. The Morgan fingerprint density at radius 3 is 2.41 bits per heavy atom. The highest BCUT2D eigenvalue weighted by atomic mass is 16.5. The van der Waals surface area contributed by atoms with Crippen LogP contribution in [0.15, 0.2) is 78.9 Å². The van der Waals surface area contributed by atoms with Crippen molar-refractivity contribution in [3.05, 3.63) is 84.4 Å². The maximum absolute atomic E-state index is 12.8. The van der Waals surface area contributed by atoms with Crippen LogP contribution in [-0.2, 0) is 0 Å². The summed E-state index contributed by atoms with van der Waals surface area (Å²) in [6.07, 6.45) is 1.06. The number of benzene rings is 3. The van der Waals surface area contributed by atoms with Crippen LogP contribution >= 0.6 is 0 Å². The second-order valence-electron chi connectivity index (χ2n) is 6.36. The summed E-state index contributed by atoms with van der Waals surface area (Å²) in [6.45, 7) is 4.10. The lowest BCUT2D eigenvalue weighted by atomic mass is 10.1. The van der Waals surface area contributed by atoms with E-state index in [4.69, 9.17) is 4.74 Å². The first-order chi connectivity index (χ1) is 13.2. The number of ether oxygens (including phenoxy) is 1. The van der Waals surface area contributed by atoms with Gasteiger partial charge in [0.2, 0.25) is 0 Å². The number of carbonyl (C=O) groups is 1. The Hall–Kier alpha value is -3.27. The summed E-state index contributed by atoms with van der Waals surface area (Å²) in [4.78, 5) is 12.8. The minimum atomic E-state index is -0.172. The molecule has 4 nitrogen and oxygen atoms in total. The Labute approximate surface area is 160 Å². The minimum absolute atomic E-state index is 0.131. The standard InChI is InChI=1S/C23H24N2O2/c1-3-17(2)27-20-13-9-12-19(16-20)25-23(26)21-14-7-8-15-22(21)24-18-10-5-4-6-11-18/h4-17,24H,3H2,1-2H3,(H,25,26). The van der Waals surface area contributed by atoms with E-state index in [1.165, 1.54) is 0 Å². The molecule has 0 heterocycles. The van der Waals surface area contributed by atoms with Gasteiger partial charge >= 0.3 is 0 Å². The number of para-hydroxylation sites is 2. The van der Waals surface area contributed by atoms with Crippen molar-refractivity contribution in [2.45, 2.75) is 26.4 Å². The number of amides is 1. The van der Waals surface area contributed by atoms with E-state index >= 15 is 0 Å². The summed E-state index contributed by atoms with van der Waals surface area (Å²) >= 11 is 0. The smallest absolute Gasteiger partial charge is 0.257 e. The molecule has 3 aromatic rings. The summed E-state index contributed by atoms with van der Waals surface area (Å²) in [5, 5.41) is 6.26. The fourth-order valence-corrected chi connectivity index (χ4v) is 2.63. The summed E-state index contributed by atoms with van der Waals surface area (Å²) in [5.74, 6) is 0.576. The summed E-state index contributed by atoms with van der Waals surface area (Å²) in [7, 11) is 0. The zero-order valence-electron chi connectivity index (χ0n) is 15.6. The lowest BCUT2D eigenvalue weighted by Gasteiger charge is -2.15. The molecule has 0 fully saturated rings. The lowest BCUT2D eigenvalue weighted by Crippen LogP contribution is -2.14. The van der Waals surface area contributed by atoms with Gasteiger partial charge in [0.15, 0.2) is 0 Å². The molecule has 4 heteroatoms. The molecule has 0 aliphatic heterocycles. The second kappa shape index (κ2) is 8.90. The largest absolute Gasteiger partial charge is 0.491 e. The van der Waals surface area contributed by atoms with Crippen LogP contribution in [0.3, 0.4) is 0 Å². The van der Waals surface area contributed by atoms with Crippen LogP contribution in [0.1, 0.15) is 30.6 Å². The lowest BCUT2D eigenvalue weighted by molar-refractivity contribution is 0.102. The van der Waals surface area contributed by atoms with Gasteiger partial charge in [-0.2, -0.15) is 0 Å². The van der Waals surface area contributed by atoms with Gasteiger partial charge in [0.05, 0.1) is 17.4 Å². The molecular formula is C23H24N2O2. The van der Waals surface area contributed by atoms with Gasteiger partial charge in [-0.3, -0.25) is 4.79 Å². The third kappa shape index (κ3) is 5.11. The predicted octanol–water partition coefficient (Wildman–Crippen LogP) is 5.86. The Bertz CT molecular complexity index is 894. The first kappa shape index (κ1) is 18.5. The van der Waals surface area contributed by atoms with Crippen molar-refractivity contribution in [3.8, 4) is 5.75 Å². The highest BCUT2D eigenvalue weighted by molar-refractivity contribution is 6.08. The fraction of sp³-hybridized carbons (Fsp3) is 0.174. The van der Waals surface area contributed by atoms with Crippen LogP contribution in [0.2, 0.25) is 0 Å². The van der Waals surface area contributed by atoms with Crippen molar-refractivity contribution in [3.63, 3.8) is 0 Å². The van der Waals surface area contributed by atoms with E-state index < -0.39 is 0 Å². The minimum Gasteiger partial charge on any atom is -0.491 e. The first-order valence-electron chi connectivity index (χ1n) is 9.15. The van der Waals surface area contributed by atoms with E-state index in [1.54, 1.807) is 6.07 Å². The van der Waals surface area contributed by atoms with Gasteiger partial charge in [-0.15, -0.1) is 0 Å². The highest BCUT2D eigenvalue weighted by Crippen LogP contribution is 2.23. The van der Waals surface area contributed by atoms with E-state index in [0.29, 0.717) is 11.3 Å². The monoisotopic (exact) mass is 360 g/mol. The van der Waals surface area contributed by atoms with E-state index in [0.717, 1.165) is 23.5 Å². The molecule has 3 aromatic carbocycles. The maximum atomic E-state index is 12.8. The zero-order valence-corrected chi connectivity index (χ0v) is 15.6. The van der Waals surface area contributed by atoms with Crippen molar-refractivity contribution in [2.75, 3.05) is 10.6 Å². The summed E-state index contributed by atoms with van der Waals surface area (Å²) < 4.78 is 5.83. The average Bonchev–Trinajstić information content (AvgIpc) is 2.69. The Morgan fingerprint density at radius 2 is 1.63 bits per heavy atom. The molecular weight excluding hydrogens is 336 g/mol. The molecule has 138 valence electrons. The molecule has 1 amide bonds. The number of rotatable bonds is 7. The zero-order chi connectivity index (χ0) is 19.1. The molecule has 0 spiro atoms. The molecule has 0 aliphatic carbocycles. The van der Waals surface area contributed by atoms with E-state index in [-0.39, 0.29) is 12.0 Å². The van der Waals surface area contributed by atoms with E-state index in [1.807, 2.05) is 79.7 Å². The molecule has 27 heavy (non-hydrogen) atoms. The van der Waals surface area contributed by atoms with Crippen LogP contribution in [0.25, 0.3) is 0 Å². The number of nitrogens with one attached hydrogen (secondary N) is 2. The van der Waals surface area contributed by atoms with Gasteiger partial charge < -0.3 is 15.4 Å². The maximum Gasteiger partial charge on any atom is 0.257 e. The average molecular weight is 360 g/mol. The molecule has 2 N–H and O–H groups in total. The van der Waals surface area contributed by atoms with Crippen molar-refractivity contribution in [2.24, 2.45) is 0 Å². The molecule has 0 aromatic heterocycles. The number of hydrogen-bond acceptors (Lipinski definition) is 3. The SMILES string of the molecule is CCC(C)Oc1cccc(NC(=O)c2ccccc2Nc2ccccc2)c1. The molecule has 0 saturated carbocycles.